The molecule has 0 aromatic rings. The Kier molecular flexibility index (Phi) is 3.05. The molecule has 1 aliphatic rings. The summed E-state index contributed by atoms with van der Waals surface area (Å²) in [6.45, 7) is 0. The summed E-state index contributed by atoms with van der Waals surface area (Å²) >= 11 is 0. The first-order valence-electron chi connectivity index (χ1n) is 4.87. The third-order valence-corrected chi connectivity index (χ3v) is 3.46. The zero-order valence-electron chi connectivity index (χ0n) is 9.23. The highest BCUT2D eigenvalue weighted by atomic mass is 16.5. The van der Waals surface area contributed by atoms with Crippen LogP contribution in [0.2, 0.25) is 0 Å². The molecule has 106 valence electrons. The fraction of sp³-hybridized carbons (Fsp3) is 0.556. The molecule has 0 radical (unpaired) electrons. The average molecular weight is 278 g/mol. The molecule has 1 rings (SSSR count). The number of aliphatic carboxylic acids is 4. The molecule has 0 heterocycles. The van der Waals surface area contributed by atoms with Gasteiger partial charge in [0.25, 0.3) is 0 Å². The van der Waals surface area contributed by atoms with Gasteiger partial charge in [-0.2, -0.15) is 0 Å². The summed E-state index contributed by atoms with van der Waals surface area (Å²) in [7, 11) is 0. The van der Waals surface area contributed by atoms with E-state index in [4.69, 9.17) is 20.4 Å². The molecule has 0 aromatic heterocycles. The van der Waals surface area contributed by atoms with Crippen molar-refractivity contribution in [3.8, 4) is 0 Å². The Labute approximate surface area is 104 Å². The molecule has 0 spiro atoms. The molecule has 0 amide bonds. The van der Waals surface area contributed by atoms with Crippen molar-refractivity contribution >= 4 is 23.9 Å². The van der Waals surface area contributed by atoms with E-state index < -0.39 is 53.3 Å². The summed E-state index contributed by atoms with van der Waals surface area (Å²) in [6.07, 6.45) is -2.08. The molecule has 0 unspecified atom stereocenters. The summed E-state index contributed by atoms with van der Waals surface area (Å²) in [5.41, 5.74) is -7.19. The van der Waals surface area contributed by atoms with Gasteiger partial charge >= 0.3 is 23.9 Å². The maximum Gasteiger partial charge on any atom is 0.328 e. The monoisotopic (exact) mass is 278 g/mol. The van der Waals surface area contributed by atoms with E-state index in [2.05, 4.69) is 0 Å². The van der Waals surface area contributed by atoms with Gasteiger partial charge in [0, 0.05) is 6.42 Å². The van der Waals surface area contributed by atoms with Crippen molar-refractivity contribution in [2.75, 3.05) is 0 Å². The van der Waals surface area contributed by atoms with E-state index in [9.17, 15) is 29.4 Å². The van der Waals surface area contributed by atoms with Crippen LogP contribution in [0.1, 0.15) is 12.8 Å². The lowest BCUT2D eigenvalue weighted by Gasteiger charge is -2.37. The van der Waals surface area contributed by atoms with Crippen LogP contribution in [0.15, 0.2) is 0 Å². The van der Waals surface area contributed by atoms with E-state index in [-0.39, 0.29) is 0 Å². The highest BCUT2D eigenvalue weighted by Gasteiger charge is 2.83. The number of rotatable bonds is 4. The molecule has 0 aromatic carbocycles. The number of carbonyl (C=O) groups is 4. The summed E-state index contributed by atoms with van der Waals surface area (Å²) < 4.78 is 0. The number of aliphatic hydroxyl groups is 2. The second kappa shape index (κ2) is 3.90. The first-order chi connectivity index (χ1) is 8.48. The van der Waals surface area contributed by atoms with Crippen molar-refractivity contribution in [2.45, 2.75) is 18.6 Å². The summed E-state index contributed by atoms with van der Waals surface area (Å²) in [5.74, 6) is -13.0. The minimum atomic E-state index is -3.81. The van der Waals surface area contributed by atoms with Gasteiger partial charge in [-0.15, -0.1) is 0 Å². The van der Waals surface area contributed by atoms with Gasteiger partial charge in [0.05, 0.1) is 0 Å². The standard InChI is InChI=1S/C9H10O10/c10-3(11)7(4(12)13)1-2-8(18,19)9(7,5(14)15)6(16)17/h18-19H,1-2H2,(H,10,11)(H,12,13)(H,14,15)(H,16,17). The maximum atomic E-state index is 11.2. The van der Waals surface area contributed by atoms with Crippen molar-refractivity contribution in [1.82, 2.24) is 0 Å². The number of hydrogen-bond donors (Lipinski definition) is 6. The molecule has 10 nitrogen and oxygen atoms in total. The van der Waals surface area contributed by atoms with Gasteiger partial charge in [0.2, 0.25) is 5.41 Å². The van der Waals surface area contributed by atoms with E-state index in [0.29, 0.717) is 0 Å². The zero-order valence-corrected chi connectivity index (χ0v) is 9.23. The van der Waals surface area contributed by atoms with Crippen LogP contribution in [0.5, 0.6) is 0 Å². The molecule has 1 aliphatic carbocycles. The van der Waals surface area contributed by atoms with Crippen LogP contribution in [-0.4, -0.2) is 60.3 Å². The smallest absolute Gasteiger partial charge is 0.328 e. The van der Waals surface area contributed by atoms with E-state index in [1.54, 1.807) is 0 Å². The van der Waals surface area contributed by atoms with E-state index >= 15 is 0 Å². The fourth-order valence-corrected chi connectivity index (χ4v) is 2.50. The largest absolute Gasteiger partial charge is 0.480 e. The van der Waals surface area contributed by atoms with Crippen LogP contribution in [0, 0.1) is 10.8 Å². The number of carboxylic acid groups (broad SMARTS) is 4. The molecule has 1 fully saturated rings. The van der Waals surface area contributed by atoms with Crippen molar-refractivity contribution in [2.24, 2.45) is 10.8 Å². The van der Waals surface area contributed by atoms with Crippen molar-refractivity contribution in [1.29, 1.82) is 0 Å². The van der Waals surface area contributed by atoms with Gasteiger partial charge in [-0.25, -0.2) is 0 Å². The lowest BCUT2D eigenvalue weighted by molar-refractivity contribution is -0.253. The highest BCUT2D eigenvalue weighted by molar-refractivity contribution is 6.14. The fourth-order valence-electron chi connectivity index (χ4n) is 2.50. The molecule has 0 saturated heterocycles. The molecular weight excluding hydrogens is 268 g/mol. The van der Waals surface area contributed by atoms with Crippen LogP contribution < -0.4 is 0 Å². The average Bonchev–Trinajstić information content (AvgIpc) is 2.47. The van der Waals surface area contributed by atoms with Crippen molar-refractivity contribution in [3.63, 3.8) is 0 Å². The van der Waals surface area contributed by atoms with E-state index in [1.807, 2.05) is 0 Å². The van der Waals surface area contributed by atoms with E-state index in [1.165, 1.54) is 0 Å². The lowest BCUT2D eigenvalue weighted by atomic mass is 9.63. The number of carboxylic acids is 4. The zero-order chi connectivity index (χ0) is 15.2. The molecule has 0 bridgehead atoms. The van der Waals surface area contributed by atoms with Crippen LogP contribution >= 0.6 is 0 Å². The Morgan fingerprint density at radius 1 is 0.684 bits per heavy atom. The molecule has 0 atom stereocenters. The number of hydrogen-bond acceptors (Lipinski definition) is 6. The van der Waals surface area contributed by atoms with Gasteiger partial charge in [0.15, 0.2) is 11.2 Å². The highest BCUT2D eigenvalue weighted by Crippen LogP contribution is 2.58. The molecule has 6 N–H and O–H groups in total. The lowest BCUT2D eigenvalue weighted by Crippen LogP contribution is -2.66. The van der Waals surface area contributed by atoms with Crippen molar-refractivity contribution < 1.29 is 49.8 Å². The quantitative estimate of drug-likeness (QED) is 0.242. The third kappa shape index (κ3) is 1.37. The first-order valence-corrected chi connectivity index (χ1v) is 4.87. The van der Waals surface area contributed by atoms with Crippen LogP contribution in [0.25, 0.3) is 0 Å². The topological polar surface area (TPSA) is 190 Å². The Bertz CT molecular complexity index is 447. The second-order valence-corrected chi connectivity index (χ2v) is 4.19. The van der Waals surface area contributed by atoms with Gasteiger partial charge in [-0.05, 0) is 6.42 Å². The minimum absolute atomic E-state index is 1.02. The molecule has 10 heteroatoms. The van der Waals surface area contributed by atoms with Crippen LogP contribution in [0.3, 0.4) is 0 Å². The summed E-state index contributed by atoms with van der Waals surface area (Å²) in [4.78, 5) is 44.7. The Morgan fingerprint density at radius 3 is 1.26 bits per heavy atom. The Balaban J connectivity index is 3.84. The van der Waals surface area contributed by atoms with E-state index in [0.717, 1.165) is 0 Å². The van der Waals surface area contributed by atoms with Crippen LogP contribution in [0.4, 0.5) is 0 Å². The predicted molar refractivity (Wildman–Crippen MR) is 51.8 cm³/mol. The molecular formula is C9H10O10. The van der Waals surface area contributed by atoms with Gasteiger partial charge in [-0.3, -0.25) is 19.2 Å². The van der Waals surface area contributed by atoms with Crippen molar-refractivity contribution in [3.05, 3.63) is 0 Å². The summed E-state index contributed by atoms with van der Waals surface area (Å²) in [6, 6.07) is 0. The second-order valence-electron chi connectivity index (χ2n) is 4.19. The molecule has 0 aliphatic heterocycles. The minimum Gasteiger partial charge on any atom is -0.480 e. The molecule has 1 saturated carbocycles. The predicted octanol–water partition coefficient (Wildman–Crippen LogP) is -2.23. The summed E-state index contributed by atoms with van der Waals surface area (Å²) in [5, 5.41) is 55.0. The molecule has 19 heavy (non-hydrogen) atoms. The first kappa shape index (κ1) is 14.9. The van der Waals surface area contributed by atoms with Gasteiger partial charge in [-0.1, -0.05) is 0 Å². The van der Waals surface area contributed by atoms with Crippen LogP contribution in [-0.2, 0) is 19.2 Å². The maximum absolute atomic E-state index is 11.2. The third-order valence-electron chi connectivity index (χ3n) is 3.46. The van der Waals surface area contributed by atoms with Gasteiger partial charge < -0.3 is 30.6 Å². The Morgan fingerprint density at radius 2 is 1.05 bits per heavy atom. The normalized spacial score (nSPS) is 22.6. The van der Waals surface area contributed by atoms with Gasteiger partial charge in [0.1, 0.15) is 0 Å². The SMILES string of the molecule is O=C(O)C1(C(=O)O)CCC(O)(O)C1(C(=O)O)C(=O)O. The Hall–Kier alpha value is -2.20.